The van der Waals surface area contributed by atoms with E-state index in [-0.39, 0.29) is 5.75 Å². The van der Waals surface area contributed by atoms with E-state index in [2.05, 4.69) is 37.7 Å². The van der Waals surface area contributed by atoms with Crippen LogP contribution in [0.15, 0.2) is 53.0 Å². The number of likely N-dealkylation sites (tertiary alicyclic amines) is 1. The number of sulfonamides is 1. The molecule has 1 saturated heterocycles. The SMILES string of the molecule is O=S(=O)(Cc1ccc(Br)cc1)NCc1cccc(CN2CCCC2)c1. The highest BCUT2D eigenvalue weighted by molar-refractivity contribution is 9.10. The van der Waals surface area contributed by atoms with E-state index in [4.69, 9.17) is 0 Å². The van der Waals surface area contributed by atoms with Crippen LogP contribution in [-0.2, 0) is 28.9 Å². The lowest BCUT2D eigenvalue weighted by Crippen LogP contribution is -2.25. The summed E-state index contributed by atoms with van der Waals surface area (Å²) < 4.78 is 28.2. The molecule has 1 aliphatic heterocycles. The molecule has 0 saturated carbocycles. The number of hydrogen-bond donors (Lipinski definition) is 1. The van der Waals surface area contributed by atoms with E-state index in [1.165, 1.54) is 18.4 Å². The molecule has 0 amide bonds. The monoisotopic (exact) mass is 422 g/mol. The summed E-state index contributed by atoms with van der Waals surface area (Å²) in [7, 11) is -3.36. The van der Waals surface area contributed by atoms with Gasteiger partial charge in [0.1, 0.15) is 0 Å². The highest BCUT2D eigenvalue weighted by atomic mass is 79.9. The van der Waals surface area contributed by atoms with Crippen LogP contribution in [0.4, 0.5) is 0 Å². The molecule has 0 unspecified atom stereocenters. The van der Waals surface area contributed by atoms with Crippen molar-refractivity contribution in [2.75, 3.05) is 13.1 Å². The molecule has 0 aliphatic carbocycles. The van der Waals surface area contributed by atoms with E-state index >= 15 is 0 Å². The number of benzene rings is 2. The Morgan fingerprint density at radius 3 is 2.36 bits per heavy atom. The summed E-state index contributed by atoms with van der Waals surface area (Å²) in [6.07, 6.45) is 2.55. The molecule has 1 N–H and O–H groups in total. The van der Waals surface area contributed by atoms with Crippen LogP contribution in [0.25, 0.3) is 0 Å². The van der Waals surface area contributed by atoms with Gasteiger partial charge in [-0.2, -0.15) is 0 Å². The fourth-order valence-corrected chi connectivity index (χ4v) is 4.47. The number of rotatable bonds is 7. The van der Waals surface area contributed by atoms with E-state index in [1.807, 2.05) is 36.4 Å². The first-order valence-corrected chi connectivity index (χ1v) is 11.0. The maximum atomic E-state index is 12.3. The molecule has 4 nitrogen and oxygen atoms in total. The second-order valence-electron chi connectivity index (χ2n) is 6.51. The van der Waals surface area contributed by atoms with Crippen LogP contribution in [0, 0.1) is 0 Å². The van der Waals surface area contributed by atoms with Crippen LogP contribution in [0.5, 0.6) is 0 Å². The van der Waals surface area contributed by atoms with Crippen LogP contribution in [0.1, 0.15) is 29.5 Å². The van der Waals surface area contributed by atoms with Gasteiger partial charge < -0.3 is 0 Å². The second-order valence-corrected chi connectivity index (χ2v) is 9.23. The molecular weight excluding hydrogens is 400 g/mol. The van der Waals surface area contributed by atoms with Crippen molar-refractivity contribution in [3.05, 3.63) is 69.7 Å². The van der Waals surface area contributed by atoms with Crippen LogP contribution >= 0.6 is 15.9 Å². The zero-order valence-corrected chi connectivity index (χ0v) is 16.5. The van der Waals surface area contributed by atoms with Crippen LogP contribution in [0.2, 0.25) is 0 Å². The minimum Gasteiger partial charge on any atom is -0.299 e. The third-order valence-electron chi connectivity index (χ3n) is 4.36. The van der Waals surface area contributed by atoms with E-state index in [0.29, 0.717) is 6.54 Å². The van der Waals surface area contributed by atoms with Crippen molar-refractivity contribution in [1.29, 1.82) is 0 Å². The lowest BCUT2D eigenvalue weighted by atomic mass is 10.1. The van der Waals surface area contributed by atoms with Gasteiger partial charge in [0.05, 0.1) is 5.75 Å². The van der Waals surface area contributed by atoms with E-state index < -0.39 is 10.0 Å². The summed E-state index contributed by atoms with van der Waals surface area (Å²) in [4.78, 5) is 2.44. The molecule has 0 atom stereocenters. The highest BCUT2D eigenvalue weighted by Crippen LogP contribution is 2.15. The van der Waals surface area contributed by atoms with Crippen molar-refractivity contribution >= 4 is 26.0 Å². The molecule has 25 heavy (non-hydrogen) atoms. The number of nitrogens with one attached hydrogen (secondary N) is 1. The number of hydrogen-bond acceptors (Lipinski definition) is 3. The topological polar surface area (TPSA) is 49.4 Å². The quantitative estimate of drug-likeness (QED) is 0.740. The van der Waals surface area contributed by atoms with Gasteiger partial charge in [-0.3, -0.25) is 4.90 Å². The maximum absolute atomic E-state index is 12.3. The normalized spacial score (nSPS) is 15.6. The Balaban J connectivity index is 1.57. The number of nitrogens with zero attached hydrogens (tertiary/aromatic N) is 1. The molecule has 1 aliphatic rings. The minimum atomic E-state index is -3.36. The van der Waals surface area contributed by atoms with Gasteiger partial charge >= 0.3 is 0 Å². The van der Waals surface area contributed by atoms with Gasteiger partial charge in [-0.05, 0) is 54.8 Å². The third kappa shape index (κ3) is 5.92. The Hall–Kier alpha value is -1.21. The van der Waals surface area contributed by atoms with Crippen molar-refractivity contribution in [3.8, 4) is 0 Å². The van der Waals surface area contributed by atoms with Crippen molar-refractivity contribution in [2.45, 2.75) is 31.7 Å². The molecule has 2 aromatic carbocycles. The Bertz CT molecular complexity index is 800. The van der Waals surface area contributed by atoms with Gasteiger partial charge in [-0.25, -0.2) is 13.1 Å². The van der Waals surface area contributed by atoms with Gasteiger partial charge in [-0.15, -0.1) is 0 Å². The molecule has 1 heterocycles. The molecule has 134 valence electrons. The molecule has 1 fully saturated rings. The van der Waals surface area contributed by atoms with Crippen LogP contribution < -0.4 is 4.72 Å². The van der Waals surface area contributed by atoms with Gasteiger partial charge in [0, 0.05) is 17.6 Å². The van der Waals surface area contributed by atoms with Crippen LogP contribution in [-0.4, -0.2) is 26.4 Å². The fraction of sp³-hybridized carbons (Fsp3) is 0.368. The lowest BCUT2D eigenvalue weighted by Gasteiger charge is -2.15. The third-order valence-corrected chi connectivity index (χ3v) is 6.19. The van der Waals surface area contributed by atoms with Crippen molar-refractivity contribution in [1.82, 2.24) is 9.62 Å². The second kappa shape index (κ2) is 8.45. The molecule has 0 aromatic heterocycles. The number of halogens is 1. The first kappa shape index (κ1) is 18.6. The zero-order valence-electron chi connectivity index (χ0n) is 14.1. The predicted octanol–water partition coefficient (Wildman–Crippen LogP) is 3.66. The van der Waals surface area contributed by atoms with Crippen LogP contribution in [0.3, 0.4) is 0 Å². The van der Waals surface area contributed by atoms with Gasteiger partial charge in [0.2, 0.25) is 10.0 Å². The Morgan fingerprint density at radius 2 is 1.64 bits per heavy atom. The summed E-state index contributed by atoms with van der Waals surface area (Å²) >= 11 is 3.36. The Kier molecular flexibility index (Phi) is 6.28. The average molecular weight is 423 g/mol. The summed E-state index contributed by atoms with van der Waals surface area (Å²) in [5.41, 5.74) is 3.01. The largest absolute Gasteiger partial charge is 0.299 e. The summed E-state index contributed by atoms with van der Waals surface area (Å²) in [5, 5.41) is 0. The highest BCUT2D eigenvalue weighted by Gasteiger charge is 2.13. The van der Waals surface area contributed by atoms with Gasteiger partial charge in [0.15, 0.2) is 0 Å². The smallest absolute Gasteiger partial charge is 0.216 e. The predicted molar refractivity (Wildman–Crippen MR) is 105 cm³/mol. The Labute approximate surface area is 158 Å². The Morgan fingerprint density at radius 1 is 0.960 bits per heavy atom. The van der Waals surface area contributed by atoms with Crippen molar-refractivity contribution < 1.29 is 8.42 Å². The van der Waals surface area contributed by atoms with Gasteiger partial charge in [0.25, 0.3) is 0 Å². The van der Waals surface area contributed by atoms with E-state index in [0.717, 1.165) is 35.2 Å². The maximum Gasteiger partial charge on any atom is 0.216 e. The molecule has 6 heteroatoms. The average Bonchev–Trinajstić information content (AvgIpc) is 3.08. The lowest BCUT2D eigenvalue weighted by molar-refractivity contribution is 0.331. The zero-order chi connectivity index (χ0) is 17.7. The summed E-state index contributed by atoms with van der Waals surface area (Å²) in [6, 6.07) is 15.5. The van der Waals surface area contributed by atoms with Gasteiger partial charge in [-0.1, -0.05) is 52.3 Å². The minimum absolute atomic E-state index is 0.00620. The van der Waals surface area contributed by atoms with Crippen molar-refractivity contribution in [2.24, 2.45) is 0 Å². The molecular formula is C19H23BrN2O2S. The molecule has 0 bridgehead atoms. The van der Waals surface area contributed by atoms with E-state index in [9.17, 15) is 8.42 Å². The first-order chi connectivity index (χ1) is 12.0. The van der Waals surface area contributed by atoms with Crippen molar-refractivity contribution in [3.63, 3.8) is 0 Å². The summed E-state index contributed by atoms with van der Waals surface area (Å²) in [5.74, 6) is -0.00620. The first-order valence-electron chi connectivity index (χ1n) is 8.52. The standard InChI is InChI=1S/C19H23BrN2O2S/c20-19-8-6-16(7-9-19)15-25(23,24)21-13-17-4-3-5-18(12-17)14-22-10-1-2-11-22/h3-9,12,21H,1-2,10-11,13-15H2. The van der Waals surface area contributed by atoms with E-state index in [1.54, 1.807) is 0 Å². The summed E-state index contributed by atoms with van der Waals surface area (Å²) in [6.45, 7) is 3.58. The fourth-order valence-electron chi connectivity index (χ4n) is 3.08. The molecule has 0 radical (unpaired) electrons. The molecule has 0 spiro atoms. The molecule has 2 aromatic rings. The molecule has 3 rings (SSSR count).